The van der Waals surface area contributed by atoms with E-state index in [0.717, 1.165) is 44.9 Å². The molecule has 0 aliphatic heterocycles. The highest BCUT2D eigenvalue weighted by molar-refractivity contribution is 7.99. The molecule has 25 heavy (non-hydrogen) atoms. The number of rotatable bonds is 15. The summed E-state index contributed by atoms with van der Waals surface area (Å²) in [6.07, 6.45) is 35.6. The van der Waals surface area contributed by atoms with Crippen LogP contribution in [0.2, 0.25) is 0 Å². The van der Waals surface area contributed by atoms with Crippen molar-refractivity contribution in [3.05, 3.63) is 72.9 Å². The average Bonchev–Trinajstić information content (AvgIpc) is 2.64. The number of hydrogen-bond acceptors (Lipinski definition) is 2. The Labute approximate surface area is 160 Å². The third-order valence-electron chi connectivity index (χ3n) is 3.53. The van der Waals surface area contributed by atoms with E-state index in [1.54, 1.807) is 11.8 Å². The fourth-order valence-electron chi connectivity index (χ4n) is 2.02. The maximum atomic E-state index is 9.08. The molecular weight excluding hydrogens is 324 g/mol. The zero-order valence-electron chi connectivity index (χ0n) is 16.0. The van der Waals surface area contributed by atoms with Crippen molar-refractivity contribution in [2.24, 2.45) is 0 Å². The van der Waals surface area contributed by atoms with Crippen LogP contribution in [0.1, 0.15) is 51.9 Å². The van der Waals surface area contributed by atoms with Crippen LogP contribution in [-0.2, 0) is 0 Å². The molecule has 1 N–H and O–H groups in total. The summed E-state index contributed by atoms with van der Waals surface area (Å²) in [7, 11) is 0. The zero-order valence-corrected chi connectivity index (χ0v) is 16.8. The van der Waals surface area contributed by atoms with Gasteiger partial charge < -0.3 is 5.11 Å². The van der Waals surface area contributed by atoms with Crippen LogP contribution >= 0.6 is 11.8 Å². The van der Waals surface area contributed by atoms with Crippen molar-refractivity contribution in [1.82, 2.24) is 0 Å². The number of aliphatic hydroxyl groups excluding tert-OH is 1. The second-order valence-corrected chi connectivity index (χ2v) is 6.83. The lowest BCUT2D eigenvalue weighted by Gasteiger charge is -2.06. The molecule has 1 nitrogen and oxygen atoms in total. The molecule has 1 atom stereocenters. The molecule has 0 aromatic rings. The number of thioether (sulfide) groups is 1. The van der Waals surface area contributed by atoms with Gasteiger partial charge >= 0.3 is 0 Å². The second kappa shape index (κ2) is 20.8. The van der Waals surface area contributed by atoms with Crippen molar-refractivity contribution in [2.75, 3.05) is 12.9 Å². The first-order valence-corrected chi connectivity index (χ1v) is 10.7. The lowest BCUT2D eigenvalue weighted by atomic mass is 10.2. The summed E-state index contributed by atoms with van der Waals surface area (Å²) in [4.78, 5) is 0. The molecule has 0 saturated heterocycles. The average molecular weight is 361 g/mol. The largest absolute Gasteiger partial charge is 0.395 e. The lowest BCUT2D eigenvalue weighted by molar-refractivity contribution is 0.295. The van der Waals surface area contributed by atoms with E-state index < -0.39 is 0 Å². The van der Waals surface area contributed by atoms with Crippen LogP contribution in [0.25, 0.3) is 0 Å². The number of aliphatic hydroxyl groups is 1. The number of allylic oxidation sites excluding steroid dienone is 12. The molecule has 0 bridgehead atoms. The zero-order chi connectivity index (χ0) is 18.4. The molecule has 2 heteroatoms. The summed E-state index contributed by atoms with van der Waals surface area (Å²) in [6.45, 7) is 2.41. The van der Waals surface area contributed by atoms with Gasteiger partial charge in [0.1, 0.15) is 0 Å². The van der Waals surface area contributed by atoms with Crippen LogP contribution in [0.4, 0.5) is 0 Å². The van der Waals surface area contributed by atoms with Gasteiger partial charge in [-0.1, -0.05) is 79.8 Å². The van der Waals surface area contributed by atoms with Gasteiger partial charge in [-0.2, -0.15) is 11.8 Å². The predicted octanol–water partition coefficient (Wildman–Crippen LogP) is 6.80. The van der Waals surface area contributed by atoms with Crippen molar-refractivity contribution < 1.29 is 5.11 Å². The quantitative estimate of drug-likeness (QED) is 0.324. The monoisotopic (exact) mass is 360 g/mol. The molecule has 0 aliphatic rings. The Morgan fingerprint density at radius 1 is 0.640 bits per heavy atom. The van der Waals surface area contributed by atoms with Gasteiger partial charge in [-0.25, -0.2) is 0 Å². The molecule has 0 rings (SSSR count). The number of hydrogen-bond donors (Lipinski definition) is 1. The van der Waals surface area contributed by atoms with Crippen molar-refractivity contribution in [2.45, 2.75) is 57.1 Å². The Kier molecular flexibility index (Phi) is 19.8. The highest BCUT2D eigenvalue weighted by Crippen LogP contribution is 2.10. The smallest absolute Gasteiger partial charge is 0.0552 e. The summed E-state index contributed by atoms with van der Waals surface area (Å²) in [5.41, 5.74) is 0. The van der Waals surface area contributed by atoms with Crippen molar-refractivity contribution in [3.8, 4) is 0 Å². The van der Waals surface area contributed by atoms with Gasteiger partial charge in [-0.3, -0.25) is 0 Å². The Morgan fingerprint density at radius 2 is 1.00 bits per heavy atom. The fraction of sp³-hybridized carbons (Fsp3) is 0.478. The molecular formula is C23H36OS. The maximum absolute atomic E-state index is 9.08. The first-order valence-electron chi connectivity index (χ1n) is 9.38. The minimum Gasteiger partial charge on any atom is -0.395 e. The summed E-state index contributed by atoms with van der Waals surface area (Å²) < 4.78 is 0. The van der Waals surface area contributed by atoms with Crippen LogP contribution in [0.5, 0.6) is 0 Å². The van der Waals surface area contributed by atoms with E-state index in [1.165, 1.54) is 0 Å². The molecule has 1 unspecified atom stereocenters. The Bertz CT molecular complexity index is 437. The fourth-order valence-corrected chi connectivity index (χ4v) is 2.47. The van der Waals surface area contributed by atoms with E-state index in [0.29, 0.717) is 5.25 Å². The topological polar surface area (TPSA) is 20.2 Å². The van der Waals surface area contributed by atoms with Crippen LogP contribution in [0.3, 0.4) is 0 Å². The summed E-state index contributed by atoms with van der Waals surface area (Å²) in [6, 6.07) is 0. The minimum atomic E-state index is 0.257. The standard InChI is InChI=1S/C23H36OS/c1-3-4-5-6-7-8-9-10-11-12-13-14-15-16-17-18-19-20-21-23(22-24)25-2/h4-5,7-8,10-11,13-14,16-17,19-20,23-24H,3,6,9,12,15,18,21-22H2,1-2H3. The van der Waals surface area contributed by atoms with Crippen LogP contribution in [0, 0.1) is 0 Å². The molecule has 0 spiro atoms. The van der Waals surface area contributed by atoms with Crippen molar-refractivity contribution >= 4 is 11.8 Å². The van der Waals surface area contributed by atoms with E-state index >= 15 is 0 Å². The lowest BCUT2D eigenvalue weighted by Crippen LogP contribution is -2.05. The van der Waals surface area contributed by atoms with Gasteiger partial charge in [0.25, 0.3) is 0 Å². The first kappa shape index (κ1) is 23.8. The van der Waals surface area contributed by atoms with E-state index in [2.05, 4.69) is 79.8 Å². The van der Waals surface area contributed by atoms with Crippen LogP contribution in [0.15, 0.2) is 72.9 Å². The predicted molar refractivity (Wildman–Crippen MR) is 117 cm³/mol. The highest BCUT2D eigenvalue weighted by Gasteiger charge is 2.00. The van der Waals surface area contributed by atoms with E-state index in [4.69, 9.17) is 5.11 Å². The summed E-state index contributed by atoms with van der Waals surface area (Å²) >= 11 is 1.72. The van der Waals surface area contributed by atoms with E-state index in [1.807, 2.05) is 6.26 Å². The molecule has 0 aliphatic carbocycles. The Morgan fingerprint density at radius 3 is 1.32 bits per heavy atom. The Balaban J connectivity index is 3.57. The molecule has 140 valence electrons. The third-order valence-corrected chi connectivity index (χ3v) is 4.54. The first-order chi connectivity index (χ1) is 12.3. The molecule has 0 aromatic carbocycles. The van der Waals surface area contributed by atoms with Gasteiger partial charge in [0.05, 0.1) is 6.61 Å². The van der Waals surface area contributed by atoms with Gasteiger partial charge in [-0.15, -0.1) is 0 Å². The minimum absolute atomic E-state index is 0.257. The maximum Gasteiger partial charge on any atom is 0.0552 e. The molecule has 0 amide bonds. The van der Waals surface area contributed by atoms with Crippen LogP contribution < -0.4 is 0 Å². The Hall–Kier alpha value is -1.25. The highest BCUT2D eigenvalue weighted by atomic mass is 32.2. The normalized spacial score (nSPS) is 14.5. The molecule has 0 radical (unpaired) electrons. The molecule has 0 aromatic heterocycles. The summed E-state index contributed by atoms with van der Waals surface area (Å²) in [5.74, 6) is 0. The molecule has 0 saturated carbocycles. The third kappa shape index (κ3) is 18.9. The van der Waals surface area contributed by atoms with E-state index in [9.17, 15) is 0 Å². The van der Waals surface area contributed by atoms with Crippen molar-refractivity contribution in [1.29, 1.82) is 0 Å². The van der Waals surface area contributed by atoms with E-state index in [-0.39, 0.29) is 6.61 Å². The molecule has 0 heterocycles. The SMILES string of the molecule is CCC=CCC=CCC=CCC=CCC=CCC=CCC(CO)SC. The van der Waals surface area contributed by atoms with Crippen LogP contribution in [-0.4, -0.2) is 23.2 Å². The summed E-state index contributed by atoms with van der Waals surface area (Å²) in [5, 5.41) is 9.42. The van der Waals surface area contributed by atoms with Gasteiger partial charge in [-0.05, 0) is 51.2 Å². The molecule has 0 fully saturated rings. The van der Waals surface area contributed by atoms with Gasteiger partial charge in [0, 0.05) is 5.25 Å². The second-order valence-electron chi connectivity index (χ2n) is 5.69. The van der Waals surface area contributed by atoms with Gasteiger partial charge in [0.2, 0.25) is 0 Å². The van der Waals surface area contributed by atoms with Crippen molar-refractivity contribution in [3.63, 3.8) is 0 Å². The van der Waals surface area contributed by atoms with Gasteiger partial charge in [0.15, 0.2) is 0 Å².